The van der Waals surface area contributed by atoms with Gasteiger partial charge < -0.3 is 9.30 Å². The summed E-state index contributed by atoms with van der Waals surface area (Å²) in [5.74, 6) is 0.717. The molecular weight excluding hydrogens is 306 g/mol. The largest absolute Gasteiger partial charge is 0.493 e. The Morgan fingerprint density at radius 2 is 2.00 bits per heavy atom. The molecule has 0 aliphatic carbocycles. The summed E-state index contributed by atoms with van der Waals surface area (Å²) in [5, 5.41) is 3.88. The number of rotatable bonds is 6. The molecule has 126 valence electrons. The molecule has 1 heterocycles. The fraction of sp³-hybridized carbons (Fsp3) is 0.278. The molecule has 0 fully saturated rings. The molecule has 1 amide bonds. The fourth-order valence-corrected chi connectivity index (χ4v) is 1.91. The van der Waals surface area contributed by atoms with E-state index in [0.29, 0.717) is 12.5 Å². The van der Waals surface area contributed by atoms with Gasteiger partial charge in [0.05, 0.1) is 12.8 Å². The van der Waals surface area contributed by atoms with Gasteiger partial charge in [0, 0.05) is 13.2 Å². The average molecular weight is 327 g/mol. The predicted molar refractivity (Wildman–Crippen MR) is 93.5 cm³/mol. The van der Waals surface area contributed by atoms with Crippen LogP contribution in [0.3, 0.4) is 0 Å². The van der Waals surface area contributed by atoms with Crippen molar-refractivity contribution >= 4 is 12.1 Å². The number of nitrogens with zero attached hydrogens (tertiary/aromatic N) is 2. The summed E-state index contributed by atoms with van der Waals surface area (Å²) in [6.45, 7) is 4.84. The first-order chi connectivity index (χ1) is 11.5. The van der Waals surface area contributed by atoms with E-state index < -0.39 is 5.91 Å². The summed E-state index contributed by atoms with van der Waals surface area (Å²) in [6, 6.07) is 10.5. The normalized spacial score (nSPS) is 11.0. The van der Waals surface area contributed by atoms with Crippen LogP contribution in [0.1, 0.15) is 29.8 Å². The summed E-state index contributed by atoms with van der Waals surface area (Å²) in [7, 11) is 1.59. The molecule has 1 aromatic heterocycles. The molecule has 0 saturated carbocycles. The number of hydrogen-bond acceptors (Lipinski definition) is 4. The molecule has 6 heteroatoms. The predicted octanol–water partition coefficient (Wildman–Crippen LogP) is 2.18. The van der Waals surface area contributed by atoms with Crippen LogP contribution in [-0.4, -0.2) is 23.3 Å². The molecule has 1 aromatic carbocycles. The van der Waals surface area contributed by atoms with Gasteiger partial charge in [-0.15, -0.1) is 0 Å². The second-order valence-electron chi connectivity index (χ2n) is 5.81. The third-order valence-electron chi connectivity index (χ3n) is 3.21. The van der Waals surface area contributed by atoms with Gasteiger partial charge in [-0.3, -0.25) is 9.59 Å². The van der Waals surface area contributed by atoms with Crippen LogP contribution in [0.4, 0.5) is 0 Å². The number of aryl methyl sites for hydroxylation is 1. The number of hydrogen-bond donors (Lipinski definition) is 1. The number of amides is 1. The second kappa shape index (κ2) is 8.10. The molecule has 2 aromatic rings. The first-order valence-electron chi connectivity index (χ1n) is 7.69. The van der Waals surface area contributed by atoms with E-state index in [1.165, 1.54) is 16.8 Å². The highest BCUT2D eigenvalue weighted by molar-refractivity contribution is 5.94. The molecule has 6 nitrogen and oxygen atoms in total. The fourth-order valence-electron chi connectivity index (χ4n) is 1.91. The van der Waals surface area contributed by atoms with Crippen LogP contribution in [-0.2, 0) is 7.05 Å². The van der Waals surface area contributed by atoms with Gasteiger partial charge in [-0.05, 0) is 47.9 Å². The van der Waals surface area contributed by atoms with Crippen LogP contribution in [0.2, 0.25) is 0 Å². The Bertz CT molecular complexity index is 777. The Morgan fingerprint density at radius 1 is 1.29 bits per heavy atom. The van der Waals surface area contributed by atoms with Crippen molar-refractivity contribution in [1.29, 1.82) is 0 Å². The maximum atomic E-state index is 12.0. The van der Waals surface area contributed by atoms with Gasteiger partial charge in [-0.2, -0.15) is 5.10 Å². The number of ether oxygens (including phenoxy) is 1. The lowest BCUT2D eigenvalue weighted by molar-refractivity contribution is 0.0953. The van der Waals surface area contributed by atoms with Crippen molar-refractivity contribution in [2.75, 3.05) is 6.61 Å². The third kappa shape index (κ3) is 4.81. The molecule has 0 saturated heterocycles. The van der Waals surface area contributed by atoms with Crippen LogP contribution in [0.15, 0.2) is 52.5 Å². The molecule has 24 heavy (non-hydrogen) atoms. The number of pyridine rings is 1. The number of benzene rings is 1. The smallest absolute Gasteiger partial charge is 0.276 e. The average Bonchev–Trinajstić information content (AvgIpc) is 2.56. The summed E-state index contributed by atoms with van der Waals surface area (Å²) < 4.78 is 6.94. The Hall–Kier alpha value is -2.89. The summed E-state index contributed by atoms with van der Waals surface area (Å²) in [4.78, 5) is 23.8. The zero-order valence-corrected chi connectivity index (χ0v) is 14.0. The number of carbonyl (C=O) groups is 1. The monoisotopic (exact) mass is 327 g/mol. The van der Waals surface area contributed by atoms with Crippen molar-refractivity contribution in [2.45, 2.75) is 13.8 Å². The Kier molecular flexibility index (Phi) is 5.89. The maximum Gasteiger partial charge on any atom is 0.276 e. The van der Waals surface area contributed by atoms with E-state index in [4.69, 9.17) is 4.74 Å². The van der Waals surface area contributed by atoms with Crippen molar-refractivity contribution in [1.82, 2.24) is 9.99 Å². The lowest BCUT2D eigenvalue weighted by atomic mass is 10.2. The van der Waals surface area contributed by atoms with E-state index in [1.807, 2.05) is 24.3 Å². The molecule has 0 aliphatic rings. The van der Waals surface area contributed by atoms with E-state index in [0.717, 1.165) is 11.3 Å². The van der Waals surface area contributed by atoms with Crippen LogP contribution < -0.4 is 15.7 Å². The van der Waals surface area contributed by atoms with Gasteiger partial charge in [0.25, 0.3) is 11.5 Å². The first-order valence-corrected chi connectivity index (χ1v) is 7.69. The van der Waals surface area contributed by atoms with Crippen molar-refractivity contribution in [3.8, 4) is 5.75 Å². The first kappa shape index (κ1) is 17.5. The molecule has 0 unspecified atom stereocenters. The van der Waals surface area contributed by atoms with Crippen molar-refractivity contribution in [2.24, 2.45) is 18.1 Å². The molecular formula is C18H21N3O3. The minimum Gasteiger partial charge on any atom is -0.493 e. The Balaban J connectivity index is 1.95. The van der Waals surface area contributed by atoms with E-state index in [9.17, 15) is 9.59 Å². The van der Waals surface area contributed by atoms with Gasteiger partial charge in [-0.25, -0.2) is 5.43 Å². The van der Waals surface area contributed by atoms with Gasteiger partial charge >= 0.3 is 0 Å². The second-order valence-corrected chi connectivity index (χ2v) is 5.81. The van der Waals surface area contributed by atoms with Gasteiger partial charge in [0.15, 0.2) is 0 Å². The molecule has 0 bridgehead atoms. The Labute approximate surface area is 140 Å². The van der Waals surface area contributed by atoms with E-state index >= 15 is 0 Å². The van der Waals surface area contributed by atoms with Gasteiger partial charge in [0.2, 0.25) is 0 Å². The van der Waals surface area contributed by atoms with E-state index in [-0.39, 0.29) is 11.1 Å². The maximum absolute atomic E-state index is 12.0. The van der Waals surface area contributed by atoms with Crippen molar-refractivity contribution in [3.63, 3.8) is 0 Å². The molecule has 0 radical (unpaired) electrons. The van der Waals surface area contributed by atoms with Crippen LogP contribution in [0.25, 0.3) is 0 Å². The summed E-state index contributed by atoms with van der Waals surface area (Å²) >= 11 is 0. The third-order valence-corrected chi connectivity index (χ3v) is 3.21. The number of hydrazone groups is 1. The zero-order valence-electron chi connectivity index (χ0n) is 14.0. The highest BCUT2D eigenvalue weighted by atomic mass is 16.5. The van der Waals surface area contributed by atoms with Crippen LogP contribution in [0.5, 0.6) is 5.75 Å². The quantitative estimate of drug-likeness (QED) is 0.653. The molecule has 2 rings (SSSR count). The minimum absolute atomic E-state index is 0.0505. The zero-order chi connectivity index (χ0) is 17.5. The van der Waals surface area contributed by atoms with Crippen LogP contribution >= 0.6 is 0 Å². The van der Waals surface area contributed by atoms with Crippen molar-refractivity contribution < 1.29 is 9.53 Å². The van der Waals surface area contributed by atoms with E-state index in [1.54, 1.807) is 19.3 Å². The molecule has 0 aliphatic heterocycles. The molecule has 0 atom stereocenters. The SMILES string of the molecule is CC(C)COc1ccc(/C=N\NC(=O)c2cccn(C)c2=O)cc1. The lowest BCUT2D eigenvalue weighted by Crippen LogP contribution is -2.29. The Morgan fingerprint density at radius 3 is 2.67 bits per heavy atom. The lowest BCUT2D eigenvalue weighted by Gasteiger charge is -2.08. The van der Waals surface area contributed by atoms with Gasteiger partial charge in [-0.1, -0.05) is 13.8 Å². The highest BCUT2D eigenvalue weighted by Crippen LogP contribution is 2.12. The summed E-state index contributed by atoms with van der Waals surface area (Å²) in [6.07, 6.45) is 3.10. The standard InChI is InChI=1S/C18H21N3O3/c1-13(2)12-24-15-8-6-14(7-9-15)11-19-20-17(22)16-5-4-10-21(3)18(16)23/h4-11,13H,12H2,1-3H3,(H,20,22)/b19-11-. The number of carbonyl (C=O) groups excluding carboxylic acids is 1. The highest BCUT2D eigenvalue weighted by Gasteiger charge is 2.09. The van der Waals surface area contributed by atoms with Crippen LogP contribution in [0, 0.1) is 5.92 Å². The van der Waals surface area contributed by atoms with E-state index in [2.05, 4.69) is 24.4 Å². The minimum atomic E-state index is -0.538. The summed E-state index contributed by atoms with van der Waals surface area (Å²) in [5.41, 5.74) is 2.86. The number of aromatic nitrogens is 1. The molecule has 1 N–H and O–H groups in total. The topological polar surface area (TPSA) is 72.7 Å². The number of nitrogens with one attached hydrogen (secondary N) is 1. The van der Waals surface area contributed by atoms with Gasteiger partial charge in [0.1, 0.15) is 11.3 Å². The molecule has 0 spiro atoms. The van der Waals surface area contributed by atoms with Crippen molar-refractivity contribution in [3.05, 3.63) is 64.1 Å².